The number of fused-ring (bicyclic) bond motifs is 1. The number of rotatable bonds is 5. The van der Waals surface area contributed by atoms with Gasteiger partial charge in [-0.05, 0) is 53.6 Å². The predicted octanol–water partition coefficient (Wildman–Crippen LogP) is 4.56. The molecule has 1 aliphatic heterocycles. The SMILES string of the molecule is Cc1ccc(NC(=O)C(=O)NCC(c2cccs2)N2CCc3ccccc3C2)cc1Cl. The highest BCUT2D eigenvalue weighted by Crippen LogP contribution is 2.30. The fraction of sp³-hybridized carbons (Fsp3) is 0.250. The summed E-state index contributed by atoms with van der Waals surface area (Å²) in [5, 5.41) is 8.01. The fourth-order valence-electron chi connectivity index (χ4n) is 3.80. The van der Waals surface area contributed by atoms with Gasteiger partial charge >= 0.3 is 11.8 Å². The molecule has 1 aromatic heterocycles. The zero-order valence-electron chi connectivity index (χ0n) is 17.2. The summed E-state index contributed by atoms with van der Waals surface area (Å²) in [6, 6.07) is 17.7. The molecule has 0 aliphatic carbocycles. The van der Waals surface area contributed by atoms with E-state index in [0.717, 1.165) is 25.1 Å². The number of carbonyl (C=O) groups excluding carboxylic acids is 2. The van der Waals surface area contributed by atoms with Gasteiger partial charge in [-0.2, -0.15) is 0 Å². The number of hydrogen-bond acceptors (Lipinski definition) is 4. The Hall–Kier alpha value is -2.67. The van der Waals surface area contributed by atoms with E-state index >= 15 is 0 Å². The number of hydrogen-bond donors (Lipinski definition) is 2. The molecule has 1 aliphatic rings. The van der Waals surface area contributed by atoms with Crippen LogP contribution in [0, 0.1) is 6.92 Å². The van der Waals surface area contributed by atoms with Gasteiger partial charge in [0, 0.05) is 35.2 Å². The van der Waals surface area contributed by atoms with Gasteiger partial charge in [-0.15, -0.1) is 11.3 Å². The van der Waals surface area contributed by atoms with Gasteiger partial charge < -0.3 is 10.6 Å². The average Bonchev–Trinajstić information content (AvgIpc) is 3.31. The van der Waals surface area contributed by atoms with Crippen molar-refractivity contribution in [3.8, 4) is 0 Å². The van der Waals surface area contributed by atoms with E-state index in [1.54, 1.807) is 29.5 Å². The number of amides is 2. The molecule has 160 valence electrons. The number of thiophene rings is 1. The van der Waals surface area contributed by atoms with E-state index in [1.807, 2.05) is 18.4 Å². The maximum absolute atomic E-state index is 12.5. The smallest absolute Gasteiger partial charge is 0.313 e. The average molecular weight is 454 g/mol. The molecular formula is C24H24ClN3O2S. The Morgan fingerprint density at radius 1 is 1.10 bits per heavy atom. The van der Waals surface area contributed by atoms with Crippen LogP contribution in [0.25, 0.3) is 0 Å². The predicted molar refractivity (Wildman–Crippen MR) is 125 cm³/mol. The van der Waals surface area contributed by atoms with Crippen LogP contribution in [0.2, 0.25) is 5.02 Å². The molecule has 0 radical (unpaired) electrons. The zero-order valence-corrected chi connectivity index (χ0v) is 18.8. The maximum atomic E-state index is 12.5. The Labute approximate surface area is 191 Å². The Balaban J connectivity index is 1.41. The number of aryl methyl sites for hydroxylation is 1. The summed E-state index contributed by atoms with van der Waals surface area (Å²) in [5.41, 5.74) is 4.10. The molecule has 2 amide bonds. The van der Waals surface area contributed by atoms with Crippen molar-refractivity contribution in [3.05, 3.63) is 86.6 Å². The van der Waals surface area contributed by atoms with E-state index in [2.05, 4.69) is 45.9 Å². The van der Waals surface area contributed by atoms with Gasteiger partial charge in [0.1, 0.15) is 0 Å². The van der Waals surface area contributed by atoms with Crippen LogP contribution in [0.5, 0.6) is 0 Å². The summed E-state index contributed by atoms with van der Waals surface area (Å²) in [7, 11) is 0. The molecule has 0 spiro atoms. The Morgan fingerprint density at radius 2 is 1.90 bits per heavy atom. The molecule has 1 atom stereocenters. The fourth-order valence-corrected chi connectivity index (χ4v) is 4.84. The molecule has 31 heavy (non-hydrogen) atoms. The van der Waals surface area contributed by atoms with Crippen molar-refractivity contribution >= 4 is 40.4 Å². The lowest BCUT2D eigenvalue weighted by Crippen LogP contribution is -2.43. The number of anilines is 1. The molecule has 0 saturated heterocycles. The van der Waals surface area contributed by atoms with Crippen LogP contribution in [-0.4, -0.2) is 29.8 Å². The highest BCUT2D eigenvalue weighted by atomic mass is 35.5. The first kappa shape index (κ1) is 21.6. The first-order valence-corrected chi connectivity index (χ1v) is 11.5. The van der Waals surface area contributed by atoms with Crippen molar-refractivity contribution in [2.75, 3.05) is 18.4 Å². The number of nitrogens with one attached hydrogen (secondary N) is 2. The van der Waals surface area contributed by atoms with E-state index in [-0.39, 0.29) is 6.04 Å². The maximum Gasteiger partial charge on any atom is 0.313 e. The third-order valence-corrected chi connectivity index (χ3v) is 6.95. The van der Waals surface area contributed by atoms with Crippen LogP contribution in [-0.2, 0) is 22.6 Å². The summed E-state index contributed by atoms with van der Waals surface area (Å²) in [5.74, 6) is -1.36. The van der Waals surface area contributed by atoms with Gasteiger partial charge in [0.25, 0.3) is 0 Å². The number of halogens is 1. The van der Waals surface area contributed by atoms with Crippen LogP contribution in [0.15, 0.2) is 60.0 Å². The van der Waals surface area contributed by atoms with Crippen molar-refractivity contribution in [3.63, 3.8) is 0 Å². The normalized spacial score (nSPS) is 14.5. The highest BCUT2D eigenvalue weighted by molar-refractivity contribution is 7.10. The van der Waals surface area contributed by atoms with Crippen molar-refractivity contribution in [1.29, 1.82) is 0 Å². The topological polar surface area (TPSA) is 61.4 Å². The molecule has 0 fully saturated rings. The Bertz CT molecular complexity index is 1080. The lowest BCUT2D eigenvalue weighted by Gasteiger charge is -2.35. The van der Waals surface area contributed by atoms with Crippen molar-refractivity contribution in [2.24, 2.45) is 0 Å². The second-order valence-corrected chi connectivity index (χ2v) is 9.03. The molecule has 2 N–H and O–H groups in total. The summed E-state index contributed by atoms with van der Waals surface area (Å²) < 4.78 is 0. The zero-order chi connectivity index (χ0) is 21.8. The molecule has 0 saturated carbocycles. The van der Waals surface area contributed by atoms with Crippen LogP contribution in [0.3, 0.4) is 0 Å². The van der Waals surface area contributed by atoms with E-state index in [0.29, 0.717) is 17.3 Å². The van der Waals surface area contributed by atoms with Crippen molar-refractivity contribution in [2.45, 2.75) is 25.9 Å². The molecular weight excluding hydrogens is 430 g/mol. The summed E-state index contributed by atoms with van der Waals surface area (Å²) in [6.45, 7) is 3.97. The van der Waals surface area contributed by atoms with Crippen LogP contribution >= 0.6 is 22.9 Å². The Morgan fingerprint density at radius 3 is 2.65 bits per heavy atom. The van der Waals surface area contributed by atoms with Crippen molar-refractivity contribution in [1.82, 2.24) is 10.2 Å². The lowest BCUT2D eigenvalue weighted by atomic mass is 9.98. The summed E-state index contributed by atoms with van der Waals surface area (Å²) in [6.07, 6.45) is 0.973. The highest BCUT2D eigenvalue weighted by Gasteiger charge is 2.26. The quantitative estimate of drug-likeness (QED) is 0.556. The summed E-state index contributed by atoms with van der Waals surface area (Å²) in [4.78, 5) is 28.4. The van der Waals surface area contributed by atoms with Crippen LogP contribution < -0.4 is 10.6 Å². The van der Waals surface area contributed by atoms with Crippen molar-refractivity contribution < 1.29 is 9.59 Å². The monoisotopic (exact) mass is 453 g/mol. The number of carbonyl (C=O) groups is 2. The van der Waals surface area contributed by atoms with Gasteiger partial charge in [0.05, 0.1) is 6.04 Å². The number of nitrogens with zero attached hydrogens (tertiary/aromatic N) is 1. The van der Waals surface area contributed by atoms with Gasteiger partial charge in [-0.3, -0.25) is 14.5 Å². The largest absolute Gasteiger partial charge is 0.346 e. The standard InChI is InChI=1S/C24H24ClN3O2S/c1-16-8-9-19(13-20(16)25)27-24(30)23(29)26-14-21(22-7-4-12-31-22)28-11-10-17-5-2-3-6-18(17)15-28/h2-9,12-13,21H,10-11,14-15H2,1H3,(H,26,29)(H,27,30). The van der Waals surface area contributed by atoms with Gasteiger partial charge in [-0.1, -0.05) is 48.0 Å². The van der Waals surface area contributed by atoms with E-state index in [9.17, 15) is 9.59 Å². The van der Waals surface area contributed by atoms with E-state index in [4.69, 9.17) is 11.6 Å². The van der Waals surface area contributed by atoms with Gasteiger partial charge in [0.2, 0.25) is 0 Å². The molecule has 2 heterocycles. The minimum Gasteiger partial charge on any atom is -0.346 e. The molecule has 0 bridgehead atoms. The van der Waals surface area contributed by atoms with Gasteiger partial charge in [-0.25, -0.2) is 0 Å². The molecule has 7 heteroatoms. The minimum atomic E-state index is -0.700. The first-order valence-electron chi connectivity index (χ1n) is 10.2. The lowest BCUT2D eigenvalue weighted by molar-refractivity contribution is -0.136. The summed E-state index contributed by atoms with van der Waals surface area (Å²) >= 11 is 7.77. The van der Waals surface area contributed by atoms with Crippen LogP contribution in [0.1, 0.15) is 27.6 Å². The Kier molecular flexibility index (Phi) is 6.70. The second kappa shape index (κ2) is 9.64. The van der Waals surface area contributed by atoms with E-state index < -0.39 is 11.8 Å². The molecule has 2 aromatic carbocycles. The molecule has 1 unspecified atom stereocenters. The molecule has 3 aromatic rings. The molecule has 5 nitrogen and oxygen atoms in total. The second-order valence-electron chi connectivity index (χ2n) is 7.65. The minimum absolute atomic E-state index is 0.0129. The van der Waals surface area contributed by atoms with E-state index in [1.165, 1.54) is 16.0 Å². The first-order chi connectivity index (χ1) is 15.0. The van der Waals surface area contributed by atoms with Gasteiger partial charge in [0.15, 0.2) is 0 Å². The third kappa shape index (κ3) is 5.15. The molecule has 4 rings (SSSR count). The number of benzene rings is 2. The third-order valence-electron chi connectivity index (χ3n) is 5.56. The van der Waals surface area contributed by atoms with Crippen LogP contribution in [0.4, 0.5) is 5.69 Å².